The van der Waals surface area contributed by atoms with E-state index in [0.717, 1.165) is 41.3 Å². The second-order valence-electron chi connectivity index (χ2n) is 8.36. The third-order valence-corrected chi connectivity index (χ3v) is 6.72. The summed E-state index contributed by atoms with van der Waals surface area (Å²) in [5.41, 5.74) is 4.01. The molecule has 1 aromatic carbocycles. The lowest BCUT2D eigenvalue weighted by atomic mass is 9.59. The minimum atomic E-state index is -0.442. The fraction of sp³-hybridized carbons (Fsp3) is 0.280. The zero-order valence-electron chi connectivity index (χ0n) is 17.0. The van der Waals surface area contributed by atoms with Crippen molar-refractivity contribution >= 4 is 5.78 Å². The molecule has 148 valence electrons. The number of imidazole rings is 1. The van der Waals surface area contributed by atoms with E-state index in [1.165, 1.54) is 0 Å². The number of para-hydroxylation sites is 1. The van der Waals surface area contributed by atoms with Crippen LogP contribution in [0.5, 0.6) is 0 Å². The maximum absolute atomic E-state index is 12.7. The Kier molecular flexibility index (Phi) is 4.18. The number of allylic oxidation sites excluding steroid dienone is 2. The third kappa shape index (κ3) is 2.57. The first-order chi connectivity index (χ1) is 14.5. The maximum atomic E-state index is 12.7. The van der Waals surface area contributed by atoms with Crippen LogP contribution in [-0.4, -0.2) is 20.3 Å². The van der Waals surface area contributed by atoms with Crippen molar-refractivity contribution in [3.8, 4) is 17.1 Å². The van der Waals surface area contributed by atoms with Gasteiger partial charge in [0.2, 0.25) is 5.70 Å². The van der Waals surface area contributed by atoms with E-state index in [9.17, 15) is 4.79 Å². The van der Waals surface area contributed by atoms with Gasteiger partial charge in [0.1, 0.15) is 5.82 Å². The summed E-state index contributed by atoms with van der Waals surface area (Å²) < 4.78 is 2.23. The molecule has 5 nitrogen and oxygen atoms in total. The molecule has 0 fully saturated rings. The molecule has 0 saturated heterocycles. The Bertz CT molecular complexity index is 1200. The summed E-state index contributed by atoms with van der Waals surface area (Å²) in [5, 5.41) is 0. The fourth-order valence-corrected chi connectivity index (χ4v) is 5.24. The number of aromatic nitrogens is 3. The molecule has 2 aliphatic rings. The van der Waals surface area contributed by atoms with Gasteiger partial charge in [-0.15, -0.1) is 0 Å². The molecule has 3 aromatic rings. The molecule has 30 heavy (non-hydrogen) atoms. The molecule has 0 spiro atoms. The predicted octanol–water partition coefficient (Wildman–Crippen LogP) is 4.78. The lowest BCUT2D eigenvalue weighted by Crippen LogP contribution is -2.45. The van der Waals surface area contributed by atoms with Crippen molar-refractivity contribution in [3.05, 3.63) is 89.4 Å². The highest BCUT2D eigenvalue weighted by atomic mass is 16.1. The summed E-state index contributed by atoms with van der Waals surface area (Å²) in [6.45, 7) is 11.6. The van der Waals surface area contributed by atoms with E-state index in [0.29, 0.717) is 0 Å². The van der Waals surface area contributed by atoms with Gasteiger partial charge in [0.25, 0.3) is 0 Å². The van der Waals surface area contributed by atoms with Crippen LogP contribution in [-0.2, 0) is 16.6 Å². The molecule has 0 saturated carbocycles. The van der Waals surface area contributed by atoms with Crippen molar-refractivity contribution in [1.29, 1.82) is 0 Å². The molecular formula is C25H22N4O. The number of fused-ring (bicyclic) bond motifs is 3. The number of ketones is 1. The molecule has 2 aromatic heterocycles. The van der Waals surface area contributed by atoms with Crippen molar-refractivity contribution < 1.29 is 4.79 Å². The Hall–Kier alpha value is -3.52. The number of hydrogen-bond donors (Lipinski definition) is 0. The Morgan fingerprint density at radius 1 is 1.17 bits per heavy atom. The average molecular weight is 394 g/mol. The maximum Gasteiger partial charge on any atom is 0.226 e. The highest BCUT2D eigenvalue weighted by Crippen LogP contribution is 2.50. The molecule has 0 unspecified atom stereocenters. The van der Waals surface area contributed by atoms with E-state index < -0.39 is 5.41 Å². The van der Waals surface area contributed by atoms with Gasteiger partial charge in [0.15, 0.2) is 5.78 Å². The van der Waals surface area contributed by atoms with Crippen LogP contribution >= 0.6 is 0 Å². The van der Waals surface area contributed by atoms with Gasteiger partial charge < -0.3 is 4.79 Å². The second-order valence-corrected chi connectivity index (χ2v) is 8.36. The normalized spacial score (nSPS) is 25.1. The number of Topliss-reactive ketones (excluding diaryl/α,β-unsaturated/α-hetero) is 1. The SMILES string of the molecule is [C-]#[N+]C1=C[C@@]2(C)c3nc(-c4ccncc4)n(-c4ccccc4)c3CC[C@@H]2[C@@H](C)C1=O. The molecule has 3 atom stereocenters. The van der Waals surface area contributed by atoms with Crippen molar-refractivity contribution in [1.82, 2.24) is 14.5 Å². The van der Waals surface area contributed by atoms with Crippen LogP contribution in [0.3, 0.4) is 0 Å². The second kappa shape index (κ2) is 6.77. The fourth-order valence-electron chi connectivity index (χ4n) is 5.24. The summed E-state index contributed by atoms with van der Waals surface area (Å²) in [5.74, 6) is 0.807. The number of rotatable bonds is 2. The van der Waals surface area contributed by atoms with Crippen LogP contribution in [0.1, 0.15) is 31.7 Å². The minimum absolute atomic E-state index is 0.0345. The highest BCUT2D eigenvalue weighted by molar-refractivity contribution is 6.00. The standard InChI is InChI=1S/C25H22N4O/c1-16-19-9-10-21-23(25(19,2)15-20(26-3)22(16)30)28-24(17-11-13-27-14-12-17)29(21)18-7-5-4-6-8-18/h4-8,11-16,19H,9-10H2,1-2H3/t16-,19-,25-/m1/s1. The first kappa shape index (κ1) is 18.5. The first-order valence-corrected chi connectivity index (χ1v) is 10.3. The van der Waals surface area contributed by atoms with E-state index in [4.69, 9.17) is 11.6 Å². The van der Waals surface area contributed by atoms with Crippen molar-refractivity contribution in [2.24, 2.45) is 11.8 Å². The first-order valence-electron chi connectivity index (χ1n) is 10.3. The van der Waals surface area contributed by atoms with Crippen LogP contribution in [0.4, 0.5) is 0 Å². The van der Waals surface area contributed by atoms with E-state index in [-0.39, 0.29) is 23.3 Å². The number of nitrogens with zero attached hydrogens (tertiary/aromatic N) is 4. The lowest BCUT2D eigenvalue weighted by Gasteiger charge is -2.44. The summed E-state index contributed by atoms with van der Waals surface area (Å²) in [6, 6.07) is 14.2. The molecule has 2 aliphatic carbocycles. The van der Waals surface area contributed by atoms with Crippen LogP contribution in [0.25, 0.3) is 21.9 Å². The lowest BCUT2D eigenvalue weighted by molar-refractivity contribution is -0.121. The Morgan fingerprint density at radius 3 is 2.60 bits per heavy atom. The van der Waals surface area contributed by atoms with E-state index in [1.807, 2.05) is 43.3 Å². The monoisotopic (exact) mass is 394 g/mol. The Labute approximate surface area is 175 Å². The zero-order chi connectivity index (χ0) is 20.9. The smallest absolute Gasteiger partial charge is 0.226 e. The van der Waals surface area contributed by atoms with Gasteiger partial charge in [-0.2, -0.15) is 0 Å². The van der Waals surface area contributed by atoms with Crippen LogP contribution < -0.4 is 0 Å². The average Bonchev–Trinajstić information content (AvgIpc) is 3.18. The topological polar surface area (TPSA) is 52.1 Å². The number of carbonyl (C=O) groups is 1. The summed E-state index contributed by atoms with van der Waals surface area (Å²) >= 11 is 0. The summed E-state index contributed by atoms with van der Waals surface area (Å²) in [6.07, 6.45) is 7.18. The number of pyridine rings is 1. The molecule has 0 aliphatic heterocycles. The number of benzene rings is 1. The van der Waals surface area contributed by atoms with Crippen molar-refractivity contribution in [2.75, 3.05) is 0 Å². The molecule has 5 rings (SSSR count). The van der Waals surface area contributed by atoms with Crippen molar-refractivity contribution in [3.63, 3.8) is 0 Å². The van der Waals surface area contributed by atoms with E-state index in [2.05, 4.69) is 33.5 Å². The zero-order valence-corrected chi connectivity index (χ0v) is 17.0. The highest BCUT2D eigenvalue weighted by Gasteiger charge is 2.50. The van der Waals surface area contributed by atoms with Gasteiger partial charge in [0, 0.05) is 40.7 Å². The van der Waals surface area contributed by atoms with Gasteiger partial charge in [-0.05, 0) is 43.0 Å². The van der Waals surface area contributed by atoms with E-state index >= 15 is 0 Å². The van der Waals surface area contributed by atoms with E-state index in [1.54, 1.807) is 12.4 Å². The predicted molar refractivity (Wildman–Crippen MR) is 115 cm³/mol. The Balaban J connectivity index is 1.80. The molecule has 0 N–H and O–H groups in total. The number of carbonyl (C=O) groups excluding carboxylic acids is 1. The van der Waals surface area contributed by atoms with Gasteiger partial charge in [-0.3, -0.25) is 9.55 Å². The van der Waals surface area contributed by atoms with Gasteiger partial charge in [0.05, 0.1) is 12.3 Å². The quantitative estimate of drug-likeness (QED) is 0.588. The minimum Gasteiger partial charge on any atom is -0.308 e. The van der Waals surface area contributed by atoms with Crippen LogP contribution in [0, 0.1) is 18.4 Å². The molecule has 0 radical (unpaired) electrons. The van der Waals surface area contributed by atoms with Gasteiger partial charge in [-0.25, -0.2) is 9.83 Å². The van der Waals surface area contributed by atoms with Crippen LogP contribution in [0.2, 0.25) is 0 Å². The summed E-state index contributed by atoms with van der Waals surface area (Å²) in [7, 11) is 0. The largest absolute Gasteiger partial charge is 0.308 e. The summed E-state index contributed by atoms with van der Waals surface area (Å²) in [4.78, 5) is 25.5. The third-order valence-electron chi connectivity index (χ3n) is 6.72. The molecular weight excluding hydrogens is 372 g/mol. The van der Waals surface area contributed by atoms with Crippen molar-refractivity contribution in [2.45, 2.75) is 32.1 Å². The molecule has 5 heteroatoms. The molecule has 0 amide bonds. The Morgan fingerprint density at radius 2 is 1.90 bits per heavy atom. The van der Waals surface area contributed by atoms with Gasteiger partial charge in [-0.1, -0.05) is 38.1 Å². The molecule has 0 bridgehead atoms. The van der Waals surface area contributed by atoms with Crippen LogP contribution in [0.15, 0.2) is 66.6 Å². The molecule has 2 heterocycles. The number of hydrogen-bond acceptors (Lipinski definition) is 3. The van der Waals surface area contributed by atoms with Gasteiger partial charge >= 0.3 is 0 Å².